The van der Waals surface area contributed by atoms with Crippen LogP contribution in [0.2, 0.25) is 0 Å². The van der Waals surface area contributed by atoms with Crippen LogP contribution in [0.1, 0.15) is 23.2 Å². The molecule has 3 saturated heterocycles. The van der Waals surface area contributed by atoms with E-state index >= 15 is 0 Å². The summed E-state index contributed by atoms with van der Waals surface area (Å²) in [6.45, 7) is 3.29. The third kappa shape index (κ3) is 5.32. The van der Waals surface area contributed by atoms with Crippen molar-refractivity contribution in [2.45, 2.75) is 28.7 Å². The van der Waals surface area contributed by atoms with Crippen molar-refractivity contribution in [3.8, 4) is 0 Å². The van der Waals surface area contributed by atoms with Gasteiger partial charge in [-0.2, -0.15) is 0 Å². The predicted octanol–water partition coefficient (Wildman–Crippen LogP) is 3.03. The van der Waals surface area contributed by atoms with E-state index in [0.717, 1.165) is 35.7 Å². The smallest absolute Gasteiger partial charge is 0.251 e. The molecule has 154 valence electrons. The average Bonchev–Trinajstić information content (AvgIpc) is 2.70. The van der Waals surface area contributed by atoms with Gasteiger partial charge in [0.1, 0.15) is 0 Å². The molecule has 0 aliphatic carbocycles. The number of rotatable bonds is 6. The third-order valence-electron chi connectivity index (χ3n) is 5.48. The zero-order valence-electron chi connectivity index (χ0n) is 16.3. The van der Waals surface area contributed by atoms with Gasteiger partial charge in [0.05, 0.1) is 6.26 Å². The van der Waals surface area contributed by atoms with Gasteiger partial charge in [0.25, 0.3) is 5.91 Å². The Morgan fingerprint density at radius 2 is 1.59 bits per heavy atom. The molecular formula is C21H25N3O3S2. The second-order valence-electron chi connectivity index (χ2n) is 7.74. The fourth-order valence-corrected chi connectivity index (χ4v) is 5.38. The van der Waals surface area contributed by atoms with Crippen molar-refractivity contribution < 1.29 is 13.2 Å². The Kier molecular flexibility index (Phi) is 5.85. The van der Waals surface area contributed by atoms with Crippen molar-refractivity contribution in [3.05, 3.63) is 54.1 Å². The standard InChI is InChI=1S/C21H25N3O3S2/c1-29(26,27)23-17-4-8-19(9-5-17)28-18-6-2-16(3-7-18)21(25)22-20-14-24-12-10-15(20)11-13-24/h2-9,15,20,23H,10-14H2,1H3,(H,22,25)/t20-/m0/s1. The van der Waals surface area contributed by atoms with Gasteiger partial charge in [-0.25, -0.2) is 8.42 Å². The lowest BCUT2D eigenvalue weighted by atomic mass is 9.84. The number of nitrogens with one attached hydrogen (secondary N) is 2. The van der Waals surface area contributed by atoms with Gasteiger partial charge < -0.3 is 10.2 Å². The van der Waals surface area contributed by atoms with Crippen LogP contribution in [0.5, 0.6) is 0 Å². The molecular weight excluding hydrogens is 406 g/mol. The lowest BCUT2D eigenvalue weighted by molar-refractivity contribution is 0.0620. The van der Waals surface area contributed by atoms with E-state index in [1.807, 2.05) is 36.4 Å². The molecule has 0 aromatic heterocycles. The summed E-state index contributed by atoms with van der Waals surface area (Å²) in [5, 5.41) is 3.22. The summed E-state index contributed by atoms with van der Waals surface area (Å²) < 4.78 is 25.0. The van der Waals surface area contributed by atoms with Gasteiger partial charge in [-0.1, -0.05) is 11.8 Å². The molecule has 0 unspecified atom stereocenters. The van der Waals surface area contributed by atoms with Gasteiger partial charge in [0.2, 0.25) is 10.0 Å². The van der Waals surface area contributed by atoms with E-state index in [2.05, 4.69) is 14.9 Å². The Labute approximate surface area is 176 Å². The number of carbonyl (C=O) groups is 1. The van der Waals surface area contributed by atoms with Crippen LogP contribution in [0.3, 0.4) is 0 Å². The van der Waals surface area contributed by atoms with Crippen LogP contribution in [-0.4, -0.2) is 51.2 Å². The predicted molar refractivity (Wildman–Crippen MR) is 116 cm³/mol. The Balaban J connectivity index is 1.34. The number of benzene rings is 2. The highest BCUT2D eigenvalue weighted by atomic mass is 32.2. The molecule has 2 N–H and O–H groups in total. The number of nitrogens with zero attached hydrogens (tertiary/aromatic N) is 1. The zero-order valence-corrected chi connectivity index (χ0v) is 17.9. The maximum absolute atomic E-state index is 12.6. The first kappa shape index (κ1) is 20.3. The Morgan fingerprint density at radius 1 is 1.00 bits per heavy atom. The molecule has 2 aromatic carbocycles. The molecule has 0 radical (unpaired) electrons. The number of hydrogen-bond acceptors (Lipinski definition) is 5. The topological polar surface area (TPSA) is 78.5 Å². The minimum Gasteiger partial charge on any atom is -0.348 e. The first-order valence-corrected chi connectivity index (χ1v) is 12.5. The highest BCUT2D eigenvalue weighted by Crippen LogP contribution is 2.30. The summed E-state index contributed by atoms with van der Waals surface area (Å²) in [5.74, 6) is 0.607. The quantitative estimate of drug-likeness (QED) is 0.735. The first-order valence-electron chi connectivity index (χ1n) is 9.75. The third-order valence-corrected chi connectivity index (χ3v) is 7.10. The molecule has 0 spiro atoms. The highest BCUT2D eigenvalue weighted by Gasteiger charge is 2.34. The molecule has 3 aliphatic heterocycles. The second kappa shape index (κ2) is 8.38. The first-order chi connectivity index (χ1) is 13.9. The summed E-state index contributed by atoms with van der Waals surface area (Å²) in [6, 6.07) is 15.1. The second-order valence-corrected chi connectivity index (χ2v) is 10.6. The van der Waals surface area contributed by atoms with E-state index in [4.69, 9.17) is 0 Å². The molecule has 29 heavy (non-hydrogen) atoms. The van der Waals surface area contributed by atoms with Crippen LogP contribution in [0.4, 0.5) is 5.69 Å². The Bertz CT molecular complexity index is 967. The molecule has 3 heterocycles. The van der Waals surface area contributed by atoms with Gasteiger partial charge in [0, 0.05) is 33.6 Å². The molecule has 3 fully saturated rings. The summed E-state index contributed by atoms with van der Waals surface area (Å²) in [5.41, 5.74) is 1.22. The molecule has 6 nitrogen and oxygen atoms in total. The van der Waals surface area contributed by atoms with Gasteiger partial charge in [-0.15, -0.1) is 0 Å². The van der Waals surface area contributed by atoms with E-state index < -0.39 is 10.0 Å². The van der Waals surface area contributed by atoms with E-state index in [9.17, 15) is 13.2 Å². The molecule has 0 saturated carbocycles. The molecule has 2 bridgehead atoms. The number of carbonyl (C=O) groups excluding carboxylic acids is 1. The van der Waals surface area contributed by atoms with E-state index in [0.29, 0.717) is 17.2 Å². The monoisotopic (exact) mass is 431 g/mol. The molecule has 1 atom stereocenters. The van der Waals surface area contributed by atoms with Crippen molar-refractivity contribution in [1.82, 2.24) is 10.2 Å². The summed E-state index contributed by atoms with van der Waals surface area (Å²) in [7, 11) is -3.27. The number of fused-ring (bicyclic) bond motifs is 3. The molecule has 3 aliphatic rings. The minimum atomic E-state index is -3.27. The van der Waals surface area contributed by atoms with Gasteiger partial charge in [-0.3, -0.25) is 9.52 Å². The minimum absolute atomic E-state index is 0.00324. The van der Waals surface area contributed by atoms with E-state index in [1.165, 1.54) is 12.8 Å². The number of amides is 1. The van der Waals surface area contributed by atoms with Crippen molar-refractivity contribution >= 4 is 33.4 Å². The average molecular weight is 432 g/mol. The van der Waals surface area contributed by atoms with Crippen LogP contribution < -0.4 is 10.0 Å². The van der Waals surface area contributed by atoms with Crippen LogP contribution >= 0.6 is 11.8 Å². The van der Waals surface area contributed by atoms with Crippen molar-refractivity contribution in [3.63, 3.8) is 0 Å². The molecule has 1 amide bonds. The lowest BCUT2D eigenvalue weighted by Crippen LogP contribution is -2.57. The number of piperidine rings is 3. The van der Waals surface area contributed by atoms with Crippen LogP contribution in [0.15, 0.2) is 58.3 Å². The normalized spacial score (nSPS) is 23.6. The summed E-state index contributed by atoms with van der Waals surface area (Å²) in [6.07, 6.45) is 3.49. The zero-order chi connectivity index (χ0) is 20.4. The van der Waals surface area contributed by atoms with Crippen LogP contribution in [0, 0.1) is 5.92 Å². The van der Waals surface area contributed by atoms with Crippen LogP contribution in [-0.2, 0) is 10.0 Å². The van der Waals surface area contributed by atoms with E-state index in [-0.39, 0.29) is 11.9 Å². The summed E-state index contributed by atoms with van der Waals surface area (Å²) in [4.78, 5) is 17.1. The summed E-state index contributed by atoms with van der Waals surface area (Å²) >= 11 is 1.56. The Hall–Kier alpha value is -2.03. The molecule has 8 heteroatoms. The van der Waals surface area contributed by atoms with E-state index in [1.54, 1.807) is 23.9 Å². The van der Waals surface area contributed by atoms with Gasteiger partial charge >= 0.3 is 0 Å². The van der Waals surface area contributed by atoms with Gasteiger partial charge in [-0.05, 0) is 80.4 Å². The maximum Gasteiger partial charge on any atom is 0.251 e. The van der Waals surface area contributed by atoms with Crippen molar-refractivity contribution in [1.29, 1.82) is 0 Å². The Morgan fingerprint density at radius 3 is 2.10 bits per heavy atom. The maximum atomic E-state index is 12.6. The van der Waals surface area contributed by atoms with Crippen molar-refractivity contribution in [2.24, 2.45) is 5.92 Å². The fraction of sp³-hybridized carbons (Fsp3) is 0.381. The van der Waals surface area contributed by atoms with Crippen molar-refractivity contribution in [2.75, 3.05) is 30.6 Å². The van der Waals surface area contributed by atoms with Crippen LogP contribution in [0.25, 0.3) is 0 Å². The number of anilines is 1. The van der Waals surface area contributed by atoms with Gasteiger partial charge in [0.15, 0.2) is 0 Å². The molecule has 2 aromatic rings. The SMILES string of the molecule is CS(=O)(=O)Nc1ccc(Sc2ccc(C(=O)N[C@H]3CN4CCC3CC4)cc2)cc1. The highest BCUT2D eigenvalue weighted by molar-refractivity contribution is 7.99. The largest absolute Gasteiger partial charge is 0.348 e. The molecule has 5 rings (SSSR count). The number of hydrogen-bond donors (Lipinski definition) is 2. The lowest BCUT2D eigenvalue weighted by Gasteiger charge is -2.44. The number of sulfonamides is 1. The fourth-order valence-electron chi connectivity index (χ4n) is 4.00.